The van der Waals surface area contributed by atoms with Gasteiger partial charge in [0.25, 0.3) is 5.69 Å². The van der Waals surface area contributed by atoms with Crippen LogP contribution in [-0.2, 0) is 4.74 Å². The van der Waals surface area contributed by atoms with Crippen LogP contribution in [0.5, 0.6) is 0 Å². The summed E-state index contributed by atoms with van der Waals surface area (Å²) in [6, 6.07) is 4.40. The van der Waals surface area contributed by atoms with Crippen LogP contribution in [-0.4, -0.2) is 60.7 Å². The van der Waals surface area contributed by atoms with Crippen molar-refractivity contribution in [3.05, 3.63) is 56.6 Å². The molecular weight excluding hydrogens is 402 g/mol. The van der Waals surface area contributed by atoms with Gasteiger partial charge in [0.2, 0.25) is 0 Å². The van der Waals surface area contributed by atoms with Crippen molar-refractivity contribution in [1.29, 1.82) is 0 Å². The summed E-state index contributed by atoms with van der Waals surface area (Å²) in [5.41, 5.74) is -0.352. The Balaban J connectivity index is 1.73. The predicted octanol–water partition coefficient (Wildman–Crippen LogP) is -0.285. The van der Waals surface area contributed by atoms with Gasteiger partial charge in [-0.25, -0.2) is 9.59 Å². The SMILES string of the molecule is Cc1cn(C2OC(CO)C(O)C2O)c(=O)nc1NC(=O)Nc1ccc([N+](=O)[O-])cc1. The molecule has 2 heterocycles. The molecule has 5 N–H and O–H groups in total. The zero-order valence-electron chi connectivity index (χ0n) is 15.6. The second-order valence-corrected chi connectivity index (χ2v) is 6.57. The van der Waals surface area contributed by atoms with Gasteiger partial charge in [0.05, 0.1) is 11.5 Å². The van der Waals surface area contributed by atoms with Crippen LogP contribution >= 0.6 is 0 Å². The van der Waals surface area contributed by atoms with Gasteiger partial charge in [-0.05, 0) is 19.1 Å². The van der Waals surface area contributed by atoms with E-state index in [1.807, 2.05) is 0 Å². The van der Waals surface area contributed by atoms with Crippen molar-refractivity contribution in [3.63, 3.8) is 0 Å². The Labute approximate surface area is 168 Å². The van der Waals surface area contributed by atoms with Gasteiger partial charge < -0.3 is 25.4 Å². The predicted molar refractivity (Wildman–Crippen MR) is 102 cm³/mol. The van der Waals surface area contributed by atoms with E-state index >= 15 is 0 Å². The molecule has 1 aromatic carbocycles. The van der Waals surface area contributed by atoms with E-state index in [-0.39, 0.29) is 17.2 Å². The van der Waals surface area contributed by atoms with Gasteiger partial charge in [0, 0.05) is 29.6 Å². The molecule has 0 radical (unpaired) electrons. The molecule has 4 atom stereocenters. The largest absolute Gasteiger partial charge is 0.394 e. The lowest BCUT2D eigenvalue weighted by molar-refractivity contribution is -0.384. The monoisotopic (exact) mass is 421 g/mol. The fourth-order valence-electron chi connectivity index (χ4n) is 2.92. The van der Waals surface area contributed by atoms with Gasteiger partial charge >= 0.3 is 11.7 Å². The van der Waals surface area contributed by atoms with Gasteiger partial charge in [-0.1, -0.05) is 0 Å². The Hall–Kier alpha value is -3.39. The number of anilines is 2. The summed E-state index contributed by atoms with van der Waals surface area (Å²) < 4.78 is 6.27. The molecule has 0 spiro atoms. The number of urea groups is 1. The van der Waals surface area contributed by atoms with E-state index in [2.05, 4.69) is 15.6 Å². The number of nitrogens with one attached hydrogen (secondary N) is 2. The first-order valence-electron chi connectivity index (χ1n) is 8.76. The van der Waals surface area contributed by atoms with E-state index in [4.69, 9.17) is 9.84 Å². The van der Waals surface area contributed by atoms with Crippen LogP contribution in [0.15, 0.2) is 35.3 Å². The average Bonchev–Trinajstić information content (AvgIpc) is 2.99. The fraction of sp³-hybridized carbons (Fsp3) is 0.353. The summed E-state index contributed by atoms with van der Waals surface area (Å²) in [4.78, 5) is 38.3. The van der Waals surface area contributed by atoms with Crippen LogP contribution in [0.2, 0.25) is 0 Å². The molecule has 1 aromatic heterocycles. The van der Waals surface area contributed by atoms with E-state index in [9.17, 15) is 29.9 Å². The summed E-state index contributed by atoms with van der Waals surface area (Å²) in [6.07, 6.45) is -3.85. The summed E-state index contributed by atoms with van der Waals surface area (Å²) in [7, 11) is 0. The molecular formula is C17H19N5O8. The minimum atomic E-state index is -1.45. The molecule has 0 saturated carbocycles. The Morgan fingerprint density at radius 3 is 2.50 bits per heavy atom. The van der Waals surface area contributed by atoms with Crippen LogP contribution in [0.4, 0.5) is 22.0 Å². The first-order chi connectivity index (χ1) is 14.2. The van der Waals surface area contributed by atoms with Gasteiger partial charge in [0.15, 0.2) is 6.23 Å². The number of aliphatic hydroxyl groups is 3. The number of hydrogen-bond donors (Lipinski definition) is 5. The molecule has 0 aliphatic carbocycles. The van der Waals surface area contributed by atoms with E-state index in [1.165, 1.54) is 30.5 Å². The second kappa shape index (κ2) is 8.54. The number of carbonyl (C=O) groups excluding carboxylic acids is 1. The van der Waals surface area contributed by atoms with Crippen molar-refractivity contribution in [2.45, 2.75) is 31.5 Å². The van der Waals surface area contributed by atoms with E-state index in [0.29, 0.717) is 5.56 Å². The summed E-state index contributed by atoms with van der Waals surface area (Å²) in [6.45, 7) is 1.00. The van der Waals surface area contributed by atoms with Gasteiger partial charge in [-0.15, -0.1) is 0 Å². The van der Waals surface area contributed by atoms with Crippen LogP contribution in [0.1, 0.15) is 11.8 Å². The minimum absolute atomic E-state index is 0.0533. The molecule has 2 aromatic rings. The van der Waals surface area contributed by atoms with E-state index in [0.717, 1.165) is 4.57 Å². The number of aliphatic hydroxyl groups excluding tert-OH is 3. The maximum absolute atomic E-state index is 12.3. The quantitative estimate of drug-likeness (QED) is 0.319. The zero-order valence-corrected chi connectivity index (χ0v) is 15.6. The number of benzene rings is 1. The Morgan fingerprint density at radius 1 is 1.27 bits per heavy atom. The zero-order chi connectivity index (χ0) is 22.0. The molecule has 1 aliphatic heterocycles. The topological polar surface area (TPSA) is 189 Å². The third kappa shape index (κ3) is 4.28. The number of ether oxygens (including phenoxy) is 1. The second-order valence-electron chi connectivity index (χ2n) is 6.57. The van der Waals surface area contributed by atoms with E-state index in [1.54, 1.807) is 6.92 Å². The molecule has 2 amide bonds. The number of aryl methyl sites for hydroxylation is 1. The molecule has 1 fully saturated rings. The average molecular weight is 421 g/mol. The molecule has 1 aliphatic rings. The van der Waals surface area contributed by atoms with Crippen molar-refractivity contribution in [2.75, 3.05) is 17.2 Å². The number of amides is 2. The smallest absolute Gasteiger partial charge is 0.351 e. The molecule has 0 bridgehead atoms. The number of nitro groups is 1. The maximum Gasteiger partial charge on any atom is 0.351 e. The van der Waals surface area contributed by atoms with Crippen LogP contribution < -0.4 is 16.3 Å². The number of non-ortho nitro benzene ring substituents is 1. The molecule has 13 heteroatoms. The number of nitro benzene ring substituents is 1. The number of hydrogen-bond acceptors (Lipinski definition) is 9. The highest BCUT2D eigenvalue weighted by Gasteiger charge is 2.43. The minimum Gasteiger partial charge on any atom is -0.394 e. The third-order valence-corrected chi connectivity index (χ3v) is 4.49. The first kappa shape index (κ1) is 21.3. The molecule has 30 heavy (non-hydrogen) atoms. The Kier molecular flexibility index (Phi) is 6.07. The normalized spacial score (nSPS) is 23.2. The highest BCUT2D eigenvalue weighted by Crippen LogP contribution is 2.28. The van der Waals surface area contributed by atoms with Gasteiger partial charge in [-0.2, -0.15) is 4.98 Å². The van der Waals surface area contributed by atoms with Gasteiger partial charge in [0.1, 0.15) is 24.1 Å². The van der Waals surface area contributed by atoms with Crippen molar-refractivity contribution >= 4 is 23.2 Å². The molecule has 4 unspecified atom stereocenters. The lowest BCUT2D eigenvalue weighted by Gasteiger charge is -2.18. The fourth-order valence-corrected chi connectivity index (χ4v) is 2.92. The van der Waals surface area contributed by atoms with Crippen molar-refractivity contribution in [1.82, 2.24) is 9.55 Å². The van der Waals surface area contributed by atoms with Crippen molar-refractivity contribution < 1.29 is 29.8 Å². The number of aromatic nitrogens is 2. The molecule has 160 valence electrons. The summed E-state index contributed by atoms with van der Waals surface area (Å²) in [5.74, 6) is -0.0533. The summed E-state index contributed by atoms with van der Waals surface area (Å²) >= 11 is 0. The lowest BCUT2D eigenvalue weighted by Crippen LogP contribution is -2.36. The highest BCUT2D eigenvalue weighted by molar-refractivity contribution is 5.99. The summed E-state index contributed by atoms with van der Waals surface area (Å²) in [5, 5.41) is 44.6. The Bertz CT molecular complexity index is 1010. The molecule has 3 rings (SSSR count). The molecule has 13 nitrogen and oxygen atoms in total. The standard InChI is InChI=1S/C17H19N5O8/c1-8-6-21(15-13(25)12(24)11(7-23)30-15)17(27)20-14(8)19-16(26)18-9-2-4-10(5-3-9)22(28)29/h2-6,11-13,15,23-25H,7H2,1H3,(H2,18,19,20,26,27). The number of rotatable bonds is 5. The van der Waals surface area contributed by atoms with Crippen LogP contribution in [0.25, 0.3) is 0 Å². The number of nitrogens with zero attached hydrogens (tertiary/aromatic N) is 3. The first-order valence-corrected chi connectivity index (χ1v) is 8.76. The van der Waals surface area contributed by atoms with Crippen LogP contribution in [0.3, 0.4) is 0 Å². The number of carbonyl (C=O) groups is 1. The Morgan fingerprint density at radius 2 is 1.93 bits per heavy atom. The van der Waals surface area contributed by atoms with Crippen molar-refractivity contribution in [2.24, 2.45) is 0 Å². The maximum atomic E-state index is 12.3. The molecule has 1 saturated heterocycles. The lowest BCUT2D eigenvalue weighted by atomic mass is 10.1. The van der Waals surface area contributed by atoms with E-state index < -0.39 is 47.8 Å². The van der Waals surface area contributed by atoms with Crippen LogP contribution in [0, 0.1) is 17.0 Å². The highest BCUT2D eigenvalue weighted by atomic mass is 16.6. The third-order valence-electron chi connectivity index (χ3n) is 4.49. The van der Waals surface area contributed by atoms with Gasteiger partial charge in [-0.3, -0.25) is 20.0 Å². The van der Waals surface area contributed by atoms with Crippen molar-refractivity contribution in [3.8, 4) is 0 Å².